The first-order valence-corrected chi connectivity index (χ1v) is 25.4. The highest BCUT2D eigenvalue weighted by Gasteiger charge is 3.00. The zero-order valence-corrected chi connectivity index (χ0v) is 44.6. The number of carbonyl (C=O) groups excluding carboxylic acids is 5. The number of ether oxygens (including phenoxy) is 11. The molecule has 2 aromatic carbocycles. The Morgan fingerprint density at radius 3 is 2.19 bits per heavy atom. The number of benzene rings is 2. The van der Waals surface area contributed by atoms with Crippen LogP contribution in [0.1, 0.15) is 124 Å². The summed E-state index contributed by atoms with van der Waals surface area (Å²) < 4.78 is 71.0. The minimum atomic E-state index is -1.93. The van der Waals surface area contributed by atoms with Gasteiger partial charge in [-0.3, -0.25) is 14.5 Å². The lowest BCUT2D eigenvalue weighted by Gasteiger charge is -2.67. The molecule has 0 radical (unpaired) electrons. The van der Waals surface area contributed by atoms with E-state index >= 15 is 9.59 Å². The number of hydrogen-bond donors (Lipinski definition) is 1. The first kappa shape index (κ1) is 53.3. The van der Waals surface area contributed by atoms with Crippen LogP contribution in [0.4, 0.5) is 4.79 Å². The van der Waals surface area contributed by atoms with Crippen molar-refractivity contribution in [3.05, 3.63) is 83.5 Å². The molecule has 6 fully saturated rings. The van der Waals surface area contributed by atoms with Gasteiger partial charge in [-0.25, -0.2) is 14.4 Å². The molecule has 9 rings (SSSR count). The van der Waals surface area contributed by atoms with Crippen LogP contribution in [-0.2, 0) is 57.0 Å². The third-order valence-corrected chi connectivity index (χ3v) is 17.0. The monoisotopic (exact) mass is 1030 g/mol. The topological polar surface area (TPSA) is 210 Å². The normalized spacial score (nSPS) is 36.6. The van der Waals surface area contributed by atoms with Crippen LogP contribution in [0.5, 0.6) is 11.5 Å². The summed E-state index contributed by atoms with van der Waals surface area (Å²) in [7, 11) is 2.99. The van der Waals surface area contributed by atoms with Crippen LogP contribution in [0.15, 0.2) is 72.3 Å². The van der Waals surface area contributed by atoms with E-state index in [0.717, 1.165) is 0 Å². The van der Waals surface area contributed by atoms with Crippen molar-refractivity contribution in [3.63, 3.8) is 0 Å². The lowest BCUT2D eigenvalue weighted by Crippen LogP contribution is -2.81. The van der Waals surface area contributed by atoms with Crippen LogP contribution in [-0.4, -0.2) is 132 Å². The Hall–Kier alpha value is -5.53. The number of nitrogens with zero attached hydrogens (tertiary/aromatic N) is 1. The maximum absolute atomic E-state index is 15.5. The fraction of sp³-hybridized carbons (Fsp3) is 0.625. The molecule has 0 aromatic heterocycles. The Kier molecular flexibility index (Phi) is 13.2. The highest BCUT2D eigenvalue weighted by Crippen LogP contribution is 2.89. The van der Waals surface area contributed by atoms with Gasteiger partial charge >= 0.3 is 30.0 Å². The second kappa shape index (κ2) is 18.3. The van der Waals surface area contributed by atoms with Crippen molar-refractivity contribution >= 4 is 30.0 Å². The van der Waals surface area contributed by atoms with Gasteiger partial charge in [0.05, 0.1) is 55.0 Å². The zero-order valence-electron chi connectivity index (χ0n) is 44.6. The number of amides is 1. The summed E-state index contributed by atoms with van der Waals surface area (Å²) in [6.07, 6.45) is -7.94. The Morgan fingerprint density at radius 1 is 0.919 bits per heavy atom. The van der Waals surface area contributed by atoms with E-state index in [4.69, 9.17) is 52.1 Å². The predicted molar refractivity (Wildman–Crippen MR) is 262 cm³/mol. The van der Waals surface area contributed by atoms with Crippen LogP contribution in [0.25, 0.3) is 0 Å². The Balaban J connectivity index is 1.24. The first-order valence-electron chi connectivity index (χ1n) is 25.4. The average molecular weight is 1030 g/mol. The lowest BCUT2D eigenvalue weighted by atomic mass is 9.48. The smallest absolute Gasteiger partial charge is 0.413 e. The molecule has 2 unspecified atom stereocenters. The Labute approximate surface area is 432 Å². The maximum Gasteiger partial charge on any atom is 0.413 e. The van der Waals surface area contributed by atoms with Crippen LogP contribution >= 0.6 is 0 Å². The number of methoxy groups -OCH3 is 2. The van der Waals surface area contributed by atoms with E-state index in [0.29, 0.717) is 28.2 Å². The van der Waals surface area contributed by atoms with E-state index < -0.39 is 124 Å². The molecule has 7 aliphatic rings. The second-order valence-electron chi connectivity index (χ2n) is 23.1. The number of carbonyl (C=O) groups is 5. The fourth-order valence-corrected chi connectivity index (χ4v) is 14.3. The summed E-state index contributed by atoms with van der Waals surface area (Å²) in [5, 5.41) is 13.4. The highest BCUT2D eigenvalue weighted by molar-refractivity contribution is 5.90. The molecule has 3 heterocycles. The number of aliphatic hydroxyl groups is 1. The Bertz CT molecular complexity index is 2640. The minimum absolute atomic E-state index is 0.0205. The van der Waals surface area contributed by atoms with Crippen molar-refractivity contribution in [2.24, 2.45) is 22.2 Å². The van der Waals surface area contributed by atoms with Crippen LogP contribution in [0.3, 0.4) is 0 Å². The van der Waals surface area contributed by atoms with Gasteiger partial charge in [-0.1, -0.05) is 45.5 Å². The van der Waals surface area contributed by atoms with E-state index in [1.807, 2.05) is 20.8 Å². The van der Waals surface area contributed by atoms with Crippen LogP contribution in [0, 0.1) is 22.2 Å². The molecule has 3 saturated heterocycles. The predicted octanol–water partition coefficient (Wildman–Crippen LogP) is 7.48. The number of rotatable bonds is 13. The van der Waals surface area contributed by atoms with Crippen molar-refractivity contribution in [3.8, 4) is 11.5 Å². The Morgan fingerprint density at radius 2 is 1.62 bits per heavy atom. The largest absolute Gasteiger partial charge is 0.497 e. The molecule has 3 saturated carbocycles. The molecule has 0 bridgehead atoms. The summed E-state index contributed by atoms with van der Waals surface area (Å²) in [5.74, 6) is -2.18. The molecule has 2 aromatic rings. The van der Waals surface area contributed by atoms with Crippen LogP contribution < -0.4 is 9.47 Å². The van der Waals surface area contributed by atoms with E-state index in [1.165, 1.54) is 39.0 Å². The third kappa shape index (κ3) is 7.69. The molecule has 74 heavy (non-hydrogen) atoms. The number of esters is 4. The SMILES string of the molecule is C=CC1O[C@H]2C[C@H]3OC[C@@]3(OC(C)=O)[C@@]34C[C@@]3(OC(=O)c3ccccc3)[C@]3(C(C)(C)O)C[C@H](OC(=O)[C@@H]5OC(c6ccc(OC)cc6OC)N(C(=O)OC(C)(C)C)[C@H]5CC(C)C)C(C)=C3[C@H](OC(C)=O)[C@H](O1)[C@]24C. The van der Waals surface area contributed by atoms with E-state index in [2.05, 4.69) is 6.58 Å². The zero-order chi connectivity index (χ0) is 53.9. The summed E-state index contributed by atoms with van der Waals surface area (Å²) in [4.78, 5) is 73.8. The highest BCUT2D eigenvalue weighted by atomic mass is 16.7. The number of hydrogen-bond acceptors (Lipinski definition) is 17. The van der Waals surface area contributed by atoms with Gasteiger partial charge in [0.15, 0.2) is 30.3 Å². The van der Waals surface area contributed by atoms with Crippen molar-refractivity contribution in [1.29, 1.82) is 0 Å². The molecule has 14 atom stereocenters. The average Bonchev–Trinajstić information content (AvgIpc) is 3.72. The standard InChI is InChI=1S/C56H71NO17/c1-15-41-69-39-25-40-54(28-66-40,72-32(6)59)55-27-56(55,73-47(60)33-19-17-16-18-20-33)53(51(10,11)63)26-38(30(4)42(53)44(67-31(5)58)45(70-41)52(39,55)12)68-48(61)43-36(23-29(2)3)57(49(62)74-50(7,8)9)46(71-43)35-22-21-34(64-13)24-37(35)65-14/h15-22,24,29,36,38-41,43-46,63H,1,23,25-28H2,2-14H3/t36-,38-,39-,40+,41?,43+,44-,45-,46?,52-,53+,54-,55-,56+/m0/s1. The fourth-order valence-electron chi connectivity index (χ4n) is 14.3. The molecular weight excluding hydrogens is 959 g/mol. The molecule has 3 aliphatic heterocycles. The quantitative estimate of drug-likeness (QED) is 0.117. The molecule has 4 aliphatic carbocycles. The van der Waals surface area contributed by atoms with E-state index in [1.54, 1.807) is 90.1 Å². The van der Waals surface area contributed by atoms with E-state index in [9.17, 15) is 19.5 Å². The lowest BCUT2D eigenvalue weighted by molar-refractivity contribution is -0.399. The molecule has 1 spiro atoms. The minimum Gasteiger partial charge on any atom is -0.497 e. The van der Waals surface area contributed by atoms with Crippen molar-refractivity contribution < 1.29 is 81.2 Å². The molecule has 402 valence electrons. The van der Waals surface area contributed by atoms with Gasteiger partial charge in [-0.05, 0) is 95.4 Å². The maximum atomic E-state index is 15.5. The van der Waals surface area contributed by atoms with Crippen molar-refractivity contribution in [1.82, 2.24) is 4.90 Å². The van der Waals surface area contributed by atoms with Gasteiger partial charge in [0.25, 0.3) is 0 Å². The summed E-state index contributed by atoms with van der Waals surface area (Å²) in [6.45, 7) is 22.4. The van der Waals surface area contributed by atoms with Crippen LogP contribution in [0.2, 0.25) is 0 Å². The molecule has 1 amide bonds. The summed E-state index contributed by atoms with van der Waals surface area (Å²) in [6, 6.07) is 12.5. The van der Waals surface area contributed by atoms with Gasteiger partial charge in [0, 0.05) is 50.2 Å². The van der Waals surface area contributed by atoms with Crippen molar-refractivity contribution in [2.45, 2.75) is 179 Å². The van der Waals surface area contributed by atoms with E-state index in [-0.39, 0.29) is 43.8 Å². The van der Waals surface area contributed by atoms with Gasteiger partial charge < -0.3 is 57.2 Å². The summed E-state index contributed by atoms with van der Waals surface area (Å²) >= 11 is 0. The molecule has 18 nitrogen and oxygen atoms in total. The van der Waals surface area contributed by atoms with Gasteiger partial charge in [0.1, 0.15) is 41.0 Å². The third-order valence-electron chi connectivity index (χ3n) is 17.0. The molecule has 18 heteroatoms. The van der Waals surface area contributed by atoms with Crippen molar-refractivity contribution in [2.75, 3.05) is 20.8 Å². The van der Waals surface area contributed by atoms with Gasteiger partial charge in [-0.15, -0.1) is 0 Å². The summed E-state index contributed by atoms with van der Waals surface area (Å²) in [5.41, 5.74) is -9.58. The number of fused-ring (bicyclic) bond motifs is 3. The molecule has 1 N–H and O–H groups in total. The molecular formula is C56H71NO17. The second-order valence-corrected chi connectivity index (χ2v) is 23.1. The van der Waals surface area contributed by atoms with Gasteiger partial charge in [0.2, 0.25) is 0 Å². The van der Waals surface area contributed by atoms with Gasteiger partial charge in [-0.2, -0.15) is 0 Å². The first-order chi connectivity index (χ1) is 34.7.